The minimum Gasteiger partial charge on any atom is -0.378 e. The molecule has 8 heteroatoms. The third kappa shape index (κ3) is 4.80. The van der Waals surface area contributed by atoms with Crippen LogP contribution in [0.4, 0.5) is 0 Å². The number of nitrogens with zero attached hydrogens (tertiary/aromatic N) is 2. The van der Waals surface area contributed by atoms with Crippen molar-refractivity contribution in [1.82, 2.24) is 10.4 Å². The van der Waals surface area contributed by atoms with Crippen molar-refractivity contribution >= 4 is 22.2 Å². The lowest BCUT2D eigenvalue weighted by Gasteiger charge is -2.09. The van der Waals surface area contributed by atoms with Crippen LogP contribution < -0.4 is 9.61 Å². The van der Waals surface area contributed by atoms with Gasteiger partial charge in [-0.15, -0.1) is 0 Å². The molecule has 0 fully saturated rings. The molecule has 1 amide bonds. The van der Waals surface area contributed by atoms with Crippen molar-refractivity contribution in [1.29, 1.82) is 0 Å². The molecule has 3 aromatic rings. The van der Waals surface area contributed by atoms with Gasteiger partial charge in [-0.05, 0) is 43.3 Å². The van der Waals surface area contributed by atoms with Crippen LogP contribution >= 0.6 is 0 Å². The molecule has 0 saturated heterocycles. The van der Waals surface area contributed by atoms with Crippen molar-refractivity contribution in [3.05, 3.63) is 89.7 Å². The monoisotopic (exact) mass is 395 g/mol. The maximum atomic E-state index is 12.5. The van der Waals surface area contributed by atoms with Gasteiger partial charge in [0.2, 0.25) is 0 Å². The summed E-state index contributed by atoms with van der Waals surface area (Å²) in [6.45, 7) is 1.86. The number of carbonyl (C=O) groups excluding carboxylic acids is 1. The van der Waals surface area contributed by atoms with Crippen molar-refractivity contribution in [3.63, 3.8) is 0 Å². The molecule has 0 unspecified atom stereocenters. The zero-order chi connectivity index (χ0) is 20.0. The first-order valence-electron chi connectivity index (χ1n) is 8.29. The van der Waals surface area contributed by atoms with Crippen LogP contribution in [0, 0.1) is 6.92 Å². The summed E-state index contributed by atoms with van der Waals surface area (Å²) in [4.78, 5) is 15.9. The summed E-state index contributed by atoms with van der Waals surface area (Å²) in [5.74, 6) is -0.311. The molecule has 3 rings (SSSR count). The van der Waals surface area contributed by atoms with E-state index in [1.807, 2.05) is 6.92 Å². The zero-order valence-corrected chi connectivity index (χ0v) is 15.8. The van der Waals surface area contributed by atoms with Gasteiger partial charge in [0.25, 0.3) is 5.91 Å². The smallest absolute Gasteiger partial charge is 0.339 e. The second-order valence-corrected chi connectivity index (χ2v) is 7.37. The first kappa shape index (κ1) is 19.2. The number of hydrazone groups is 1. The SMILES string of the molecule is Cc1ccc(S(=O)(=O)Oc2ccccc2/C=N/NC(=O)c2ccncc2)cc1. The fourth-order valence-electron chi connectivity index (χ4n) is 2.26. The Morgan fingerprint density at radius 2 is 1.71 bits per heavy atom. The molecule has 28 heavy (non-hydrogen) atoms. The fraction of sp³-hybridized carbons (Fsp3) is 0.0500. The Kier molecular flexibility index (Phi) is 5.81. The number of aryl methyl sites for hydroxylation is 1. The summed E-state index contributed by atoms with van der Waals surface area (Å²) in [5.41, 5.74) is 4.11. The maximum Gasteiger partial charge on any atom is 0.339 e. The van der Waals surface area contributed by atoms with E-state index in [9.17, 15) is 13.2 Å². The lowest BCUT2D eigenvalue weighted by atomic mass is 10.2. The van der Waals surface area contributed by atoms with Gasteiger partial charge < -0.3 is 4.18 Å². The Balaban J connectivity index is 1.76. The molecule has 0 radical (unpaired) electrons. The topological polar surface area (TPSA) is 97.7 Å². The Morgan fingerprint density at radius 3 is 2.43 bits per heavy atom. The van der Waals surface area contributed by atoms with E-state index in [0.29, 0.717) is 11.1 Å². The number of para-hydroxylation sites is 1. The molecule has 1 aromatic heterocycles. The summed E-state index contributed by atoms with van der Waals surface area (Å²) in [7, 11) is -3.99. The van der Waals surface area contributed by atoms with E-state index < -0.39 is 16.0 Å². The van der Waals surface area contributed by atoms with Gasteiger partial charge in [0, 0.05) is 23.5 Å². The van der Waals surface area contributed by atoms with E-state index in [0.717, 1.165) is 5.56 Å². The van der Waals surface area contributed by atoms with Crippen molar-refractivity contribution in [2.24, 2.45) is 5.10 Å². The first-order chi connectivity index (χ1) is 13.5. The summed E-state index contributed by atoms with van der Waals surface area (Å²) in [6, 6.07) is 15.9. The molecule has 1 N–H and O–H groups in total. The summed E-state index contributed by atoms with van der Waals surface area (Å²) in [6.07, 6.45) is 4.31. The molecule has 0 spiro atoms. The second-order valence-electron chi connectivity index (χ2n) is 5.82. The van der Waals surface area contributed by atoms with E-state index in [-0.39, 0.29) is 10.6 Å². The highest BCUT2D eigenvalue weighted by Gasteiger charge is 2.17. The summed E-state index contributed by atoms with van der Waals surface area (Å²) < 4.78 is 30.2. The van der Waals surface area contributed by atoms with E-state index in [1.54, 1.807) is 42.5 Å². The highest BCUT2D eigenvalue weighted by atomic mass is 32.2. The highest BCUT2D eigenvalue weighted by Crippen LogP contribution is 2.22. The average molecular weight is 395 g/mol. The third-order valence-electron chi connectivity index (χ3n) is 3.74. The molecule has 7 nitrogen and oxygen atoms in total. The predicted octanol–water partition coefficient (Wildman–Crippen LogP) is 2.92. The van der Waals surface area contributed by atoms with Gasteiger partial charge in [-0.25, -0.2) is 5.43 Å². The summed E-state index contributed by atoms with van der Waals surface area (Å²) >= 11 is 0. The van der Waals surface area contributed by atoms with Gasteiger partial charge in [0.05, 0.1) is 6.21 Å². The van der Waals surface area contributed by atoms with E-state index in [4.69, 9.17) is 4.18 Å². The molecule has 0 aliphatic heterocycles. The number of hydrogen-bond donors (Lipinski definition) is 1. The zero-order valence-electron chi connectivity index (χ0n) is 14.9. The van der Waals surface area contributed by atoms with Crippen LogP contribution in [-0.4, -0.2) is 25.5 Å². The van der Waals surface area contributed by atoms with Crippen molar-refractivity contribution in [2.75, 3.05) is 0 Å². The third-order valence-corrected chi connectivity index (χ3v) is 4.99. The lowest BCUT2D eigenvalue weighted by molar-refractivity contribution is 0.0955. The van der Waals surface area contributed by atoms with Crippen LogP contribution in [0.2, 0.25) is 0 Å². The molecular formula is C20H17N3O4S. The van der Waals surface area contributed by atoms with Crippen LogP contribution in [-0.2, 0) is 10.1 Å². The number of aromatic nitrogens is 1. The maximum absolute atomic E-state index is 12.5. The van der Waals surface area contributed by atoms with Gasteiger partial charge >= 0.3 is 10.1 Å². The quantitative estimate of drug-likeness (QED) is 0.393. The van der Waals surface area contributed by atoms with E-state index >= 15 is 0 Å². The standard InChI is InChI=1S/C20H17N3O4S/c1-15-6-8-18(9-7-15)28(25,26)27-19-5-3-2-4-17(19)14-22-23-20(24)16-10-12-21-13-11-16/h2-14H,1H3,(H,23,24)/b22-14+. The number of rotatable bonds is 6. The van der Waals surface area contributed by atoms with Gasteiger partial charge in [-0.3, -0.25) is 9.78 Å². The Labute approximate surface area is 162 Å². The van der Waals surface area contributed by atoms with E-state index in [1.165, 1.54) is 36.8 Å². The molecule has 2 aromatic carbocycles. The number of pyridine rings is 1. The molecule has 0 aliphatic carbocycles. The van der Waals surface area contributed by atoms with Crippen molar-refractivity contribution in [3.8, 4) is 5.75 Å². The predicted molar refractivity (Wildman–Crippen MR) is 105 cm³/mol. The number of nitrogens with one attached hydrogen (secondary N) is 1. The lowest BCUT2D eigenvalue weighted by Crippen LogP contribution is -2.17. The fourth-order valence-corrected chi connectivity index (χ4v) is 3.22. The van der Waals surface area contributed by atoms with Crippen LogP contribution in [0.15, 0.2) is 83.1 Å². The van der Waals surface area contributed by atoms with Gasteiger partial charge in [0.1, 0.15) is 4.90 Å². The molecule has 0 aliphatic rings. The Hall–Kier alpha value is -3.52. The van der Waals surface area contributed by atoms with Gasteiger partial charge in [-0.2, -0.15) is 13.5 Å². The number of carbonyl (C=O) groups is 1. The van der Waals surface area contributed by atoms with Crippen molar-refractivity contribution < 1.29 is 17.4 Å². The number of amides is 1. The van der Waals surface area contributed by atoms with Crippen molar-refractivity contribution in [2.45, 2.75) is 11.8 Å². The second kappa shape index (κ2) is 8.45. The minimum atomic E-state index is -3.99. The molecule has 142 valence electrons. The van der Waals surface area contributed by atoms with Gasteiger partial charge in [-0.1, -0.05) is 29.8 Å². The Morgan fingerprint density at radius 1 is 1.04 bits per heavy atom. The van der Waals surface area contributed by atoms with E-state index in [2.05, 4.69) is 15.5 Å². The van der Waals surface area contributed by atoms with Crippen LogP contribution in [0.5, 0.6) is 5.75 Å². The largest absolute Gasteiger partial charge is 0.378 e. The molecular weight excluding hydrogens is 378 g/mol. The molecule has 0 bridgehead atoms. The number of benzene rings is 2. The first-order valence-corrected chi connectivity index (χ1v) is 9.70. The highest BCUT2D eigenvalue weighted by molar-refractivity contribution is 7.87. The van der Waals surface area contributed by atoms with Gasteiger partial charge in [0.15, 0.2) is 5.75 Å². The molecule has 0 saturated carbocycles. The Bertz CT molecular complexity index is 1100. The van der Waals surface area contributed by atoms with Crippen LogP contribution in [0.3, 0.4) is 0 Å². The minimum absolute atomic E-state index is 0.0517. The van der Waals surface area contributed by atoms with Crippen LogP contribution in [0.1, 0.15) is 21.5 Å². The summed E-state index contributed by atoms with van der Waals surface area (Å²) in [5, 5.41) is 3.87. The van der Waals surface area contributed by atoms with Crippen LogP contribution in [0.25, 0.3) is 0 Å². The number of hydrogen-bond acceptors (Lipinski definition) is 6. The molecule has 0 atom stereocenters. The average Bonchev–Trinajstić information content (AvgIpc) is 2.70. The molecule has 1 heterocycles. The normalized spacial score (nSPS) is 11.3.